The van der Waals surface area contributed by atoms with E-state index >= 15 is 0 Å². The van der Waals surface area contributed by atoms with Crippen LogP contribution in [-0.2, 0) is 6.61 Å². The zero-order valence-electron chi connectivity index (χ0n) is 19.7. The van der Waals surface area contributed by atoms with E-state index in [4.69, 9.17) is 20.1 Å². The Balaban J connectivity index is 0.000000747. The van der Waals surface area contributed by atoms with Crippen LogP contribution in [0.15, 0.2) is 122 Å². The number of rotatable bonds is 7. The molecule has 1 unspecified atom stereocenters. The van der Waals surface area contributed by atoms with Gasteiger partial charge in [-0.2, -0.15) is 0 Å². The van der Waals surface area contributed by atoms with Crippen LogP contribution in [0.25, 0.3) is 11.1 Å². The summed E-state index contributed by atoms with van der Waals surface area (Å²) in [4.78, 5) is 12.6. The predicted octanol–water partition coefficient (Wildman–Crippen LogP) is 6.56. The number of hydrogen-bond acceptors (Lipinski definition) is 4. The second kappa shape index (κ2) is 12.1. The summed E-state index contributed by atoms with van der Waals surface area (Å²) in [6.07, 6.45) is 5.62. The third-order valence-corrected chi connectivity index (χ3v) is 5.67. The second-order valence-electron chi connectivity index (χ2n) is 8.12. The first-order valence-electron chi connectivity index (χ1n) is 11.4. The Bertz CT molecular complexity index is 1390. The molecule has 7 nitrogen and oxygen atoms in total. The molecule has 1 N–H and O–H groups in total. The van der Waals surface area contributed by atoms with Gasteiger partial charge in [-0.05, 0) is 52.1 Å². The van der Waals surface area contributed by atoms with Gasteiger partial charge in [0.25, 0.3) is 5.09 Å². The van der Waals surface area contributed by atoms with Gasteiger partial charge < -0.3 is 14.5 Å². The Morgan fingerprint density at radius 1 is 0.865 bits per heavy atom. The van der Waals surface area contributed by atoms with E-state index < -0.39 is 5.09 Å². The zero-order valence-corrected chi connectivity index (χ0v) is 19.7. The molecule has 0 bridgehead atoms. The summed E-state index contributed by atoms with van der Waals surface area (Å²) in [5.41, 5.74) is 5.62. The summed E-state index contributed by atoms with van der Waals surface area (Å²) < 4.78 is 21.1. The van der Waals surface area contributed by atoms with Gasteiger partial charge >= 0.3 is 0 Å². The molecular weight excluding hydrogens is 473 g/mol. The van der Waals surface area contributed by atoms with Gasteiger partial charge in [0.1, 0.15) is 18.2 Å². The number of hydrogen-bond donors (Lipinski definition) is 1. The molecule has 1 atom stereocenters. The lowest BCUT2D eigenvalue weighted by molar-refractivity contribution is -0.742. The minimum atomic E-state index is -1.50. The van der Waals surface area contributed by atoms with Gasteiger partial charge in [0, 0.05) is 12.4 Å². The topological polar surface area (TPSA) is 90.4 Å². The van der Waals surface area contributed by atoms with E-state index in [0.29, 0.717) is 6.61 Å². The average molecular weight is 498 g/mol. The van der Waals surface area contributed by atoms with Crippen LogP contribution in [-0.4, -0.2) is 19.8 Å². The van der Waals surface area contributed by atoms with Crippen molar-refractivity contribution in [2.24, 2.45) is 0 Å². The van der Waals surface area contributed by atoms with Crippen molar-refractivity contribution < 1.29 is 19.4 Å². The first-order valence-corrected chi connectivity index (χ1v) is 11.4. The first-order chi connectivity index (χ1) is 18.0. The van der Waals surface area contributed by atoms with E-state index in [1.165, 1.54) is 28.8 Å². The van der Waals surface area contributed by atoms with E-state index in [1.807, 2.05) is 30.7 Å². The van der Waals surface area contributed by atoms with Crippen molar-refractivity contribution in [1.29, 1.82) is 0 Å². The Morgan fingerprint density at radius 3 is 2.00 bits per heavy atom. The minimum Gasteiger partial charge on any atom is -0.489 e. The first kappa shape index (κ1) is 25.1. The van der Waals surface area contributed by atoms with Gasteiger partial charge in [-0.15, -0.1) is 10.1 Å². The number of benzene rings is 4. The Kier molecular flexibility index (Phi) is 8.23. The predicted molar refractivity (Wildman–Crippen MR) is 137 cm³/mol. The fourth-order valence-electron chi connectivity index (χ4n) is 3.94. The normalized spacial score (nSPS) is 11.2. The van der Waals surface area contributed by atoms with E-state index in [1.54, 1.807) is 18.3 Å². The van der Waals surface area contributed by atoms with Gasteiger partial charge in [0.05, 0.1) is 12.4 Å². The fraction of sp³-hybridized carbons (Fsp3) is 0.0690. The summed E-state index contributed by atoms with van der Waals surface area (Å²) >= 11 is 0. The molecule has 0 spiro atoms. The quantitative estimate of drug-likeness (QED) is 0.203. The molecule has 0 amide bonds. The zero-order chi connectivity index (χ0) is 26.0. The summed E-state index contributed by atoms with van der Waals surface area (Å²) in [5.74, 6) is 0.525. The van der Waals surface area contributed by atoms with Crippen LogP contribution in [0.5, 0.6) is 5.75 Å². The summed E-state index contributed by atoms with van der Waals surface area (Å²) in [6.45, 7) is 0.394. The van der Waals surface area contributed by atoms with Crippen LogP contribution in [0, 0.1) is 15.9 Å². The summed E-state index contributed by atoms with van der Waals surface area (Å²) in [5, 5.41) is 13.6. The number of imidazole rings is 1. The van der Waals surface area contributed by atoms with Crippen molar-refractivity contribution in [1.82, 2.24) is 9.55 Å². The molecule has 186 valence electrons. The van der Waals surface area contributed by atoms with Crippen molar-refractivity contribution in [3.8, 4) is 16.9 Å². The Morgan fingerprint density at radius 2 is 1.43 bits per heavy atom. The van der Waals surface area contributed by atoms with Gasteiger partial charge in [-0.1, -0.05) is 78.9 Å². The van der Waals surface area contributed by atoms with Crippen LogP contribution in [0.1, 0.15) is 22.7 Å². The number of nitrogens with zero attached hydrogens (tertiary/aromatic N) is 3. The highest BCUT2D eigenvalue weighted by atomic mass is 19.1. The maximum absolute atomic E-state index is 13.1. The van der Waals surface area contributed by atoms with Gasteiger partial charge in [-0.25, -0.2) is 9.37 Å². The number of halogens is 1. The Labute approximate surface area is 213 Å². The SMILES string of the molecule is Fc1ccc(COc2ccc(C(c3ccc(-c4ccccc4)cc3)n3ccnc3)cc2)cc1.O=[N+]([O-])O. The molecule has 5 rings (SSSR count). The van der Waals surface area contributed by atoms with Crippen LogP contribution >= 0.6 is 0 Å². The molecule has 37 heavy (non-hydrogen) atoms. The van der Waals surface area contributed by atoms with Gasteiger partial charge in [0.2, 0.25) is 0 Å². The third kappa shape index (κ3) is 7.02. The molecule has 0 radical (unpaired) electrons. The highest BCUT2D eigenvalue weighted by Crippen LogP contribution is 2.30. The molecule has 1 aromatic heterocycles. The third-order valence-electron chi connectivity index (χ3n) is 5.67. The molecule has 0 saturated heterocycles. The number of ether oxygens (including phenoxy) is 1. The molecule has 1 heterocycles. The minimum absolute atomic E-state index is 0.00321. The molecular formula is C29H24FN3O4. The largest absolute Gasteiger partial charge is 0.489 e. The van der Waals surface area contributed by atoms with Gasteiger partial charge in [-0.3, -0.25) is 0 Å². The van der Waals surface area contributed by atoms with E-state index in [2.05, 4.69) is 70.2 Å². The van der Waals surface area contributed by atoms with E-state index in [9.17, 15) is 4.39 Å². The lowest BCUT2D eigenvalue weighted by Gasteiger charge is -2.20. The van der Waals surface area contributed by atoms with Crippen LogP contribution in [0.3, 0.4) is 0 Å². The molecule has 8 heteroatoms. The van der Waals surface area contributed by atoms with Crippen LogP contribution in [0.2, 0.25) is 0 Å². The van der Waals surface area contributed by atoms with Crippen molar-refractivity contribution in [3.63, 3.8) is 0 Å². The monoisotopic (exact) mass is 497 g/mol. The summed E-state index contributed by atoms with van der Waals surface area (Å²) in [7, 11) is 0. The molecule has 0 aliphatic carbocycles. The second-order valence-corrected chi connectivity index (χ2v) is 8.12. The highest BCUT2D eigenvalue weighted by Gasteiger charge is 2.16. The van der Waals surface area contributed by atoms with Crippen molar-refractivity contribution >= 4 is 0 Å². The lowest BCUT2D eigenvalue weighted by Crippen LogP contribution is -2.10. The molecule has 5 aromatic rings. The van der Waals surface area contributed by atoms with Crippen LogP contribution < -0.4 is 4.74 Å². The van der Waals surface area contributed by atoms with Crippen molar-refractivity contribution in [2.75, 3.05) is 0 Å². The van der Waals surface area contributed by atoms with E-state index in [-0.39, 0.29) is 11.9 Å². The maximum atomic E-state index is 13.1. The van der Waals surface area contributed by atoms with Crippen molar-refractivity contribution in [3.05, 3.63) is 154 Å². The molecule has 0 aliphatic heterocycles. The molecule has 0 saturated carbocycles. The maximum Gasteiger partial charge on any atom is 0.291 e. The lowest BCUT2D eigenvalue weighted by atomic mass is 9.96. The molecule has 0 aliphatic rings. The summed E-state index contributed by atoms with van der Waals surface area (Å²) in [6, 6.07) is 33.5. The standard InChI is InChI=1S/C29H23FN2O.HNO3/c30-27-14-6-22(7-15-27)20-33-28-16-12-26(13-17-28)29(32-19-18-31-21-32)25-10-8-24(9-11-25)23-4-2-1-3-5-23;2-1(3)4/h1-19,21,29H,20H2;(H,2,3,4). The average Bonchev–Trinajstić information content (AvgIpc) is 3.44. The number of aromatic nitrogens is 2. The smallest absolute Gasteiger partial charge is 0.291 e. The van der Waals surface area contributed by atoms with Gasteiger partial charge in [0.15, 0.2) is 0 Å². The van der Waals surface area contributed by atoms with Crippen LogP contribution in [0.4, 0.5) is 4.39 Å². The van der Waals surface area contributed by atoms with E-state index in [0.717, 1.165) is 16.9 Å². The fourth-order valence-corrected chi connectivity index (χ4v) is 3.94. The molecule has 4 aromatic carbocycles. The highest BCUT2D eigenvalue weighted by molar-refractivity contribution is 5.63. The molecule has 0 fully saturated rings. The Hall–Kier alpha value is -4.98. The van der Waals surface area contributed by atoms with Crippen molar-refractivity contribution in [2.45, 2.75) is 12.6 Å².